The van der Waals surface area contributed by atoms with Gasteiger partial charge in [-0.3, -0.25) is 0 Å². The van der Waals surface area contributed by atoms with Crippen LogP contribution in [0.4, 0.5) is 4.79 Å². The first kappa shape index (κ1) is 14.6. The van der Waals surface area contributed by atoms with Gasteiger partial charge in [-0.2, -0.15) is 0 Å². The molecule has 0 bridgehead atoms. The lowest BCUT2D eigenvalue weighted by molar-refractivity contribution is 0.114. The first-order chi connectivity index (χ1) is 8.44. The van der Waals surface area contributed by atoms with Gasteiger partial charge in [-0.1, -0.05) is 44.2 Å². The Hall–Kier alpha value is -1.51. The lowest BCUT2D eigenvalue weighted by atomic mass is 9.86. The maximum absolute atomic E-state index is 11.4. The van der Waals surface area contributed by atoms with Crippen LogP contribution in [0.1, 0.15) is 25.8 Å². The Morgan fingerprint density at radius 2 is 1.89 bits per heavy atom. The van der Waals surface area contributed by atoms with Gasteiger partial charge in [0.15, 0.2) is 0 Å². The van der Waals surface area contributed by atoms with Crippen molar-refractivity contribution < 1.29 is 9.53 Å². The topological polar surface area (TPSA) is 29.5 Å². The Kier molecular flexibility index (Phi) is 5.20. The second-order valence-electron chi connectivity index (χ2n) is 5.48. The first-order valence-corrected chi connectivity index (χ1v) is 6.27. The zero-order valence-electron chi connectivity index (χ0n) is 11.8. The molecule has 0 saturated heterocycles. The van der Waals surface area contributed by atoms with E-state index in [9.17, 15) is 4.79 Å². The summed E-state index contributed by atoms with van der Waals surface area (Å²) >= 11 is 0. The molecule has 1 aromatic carbocycles. The molecule has 1 aromatic rings. The fourth-order valence-corrected chi connectivity index (χ4v) is 2.07. The van der Waals surface area contributed by atoms with E-state index >= 15 is 0 Å². The van der Waals surface area contributed by atoms with Gasteiger partial charge in [-0.05, 0) is 23.8 Å². The maximum atomic E-state index is 11.4. The molecule has 0 N–H and O–H groups in total. The molecule has 0 unspecified atom stereocenters. The second-order valence-corrected chi connectivity index (χ2v) is 5.48. The zero-order valence-corrected chi connectivity index (χ0v) is 11.8. The molecule has 0 radical (unpaired) electrons. The van der Waals surface area contributed by atoms with Gasteiger partial charge in [-0.15, -0.1) is 0 Å². The molecule has 18 heavy (non-hydrogen) atoms. The van der Waals surface area contributed by atoms with Gasteiger partial charge in [0, 0.05) is 13.6 Å². The van der Waals surface area contributed by atoms with E-state index in [0.29, 0.717) is 6.54 Å². The van der Waals surface area contributed by atoms with E-state index in [1.54, 1.807) is 11.9 Å². The Labute approximate surface area is 110 Å². The summed E-state index contributed by atoms with van der Waals surface area (Å²) in [5.41, 5.74) is 1.42. The Morgan fingerprint density at radius 3 is 2.44 bits per heavy atom. The summed E-state index contributed by atoms with van der Waals surface area (Å²) < 4.78 is 4.71. The normalized spacial score (nSPS) is 11.1. The molecule has 1 amide bonds. The number of methoxy groups -OCH3 is 1. The Balaban J connectivity index is 2.47. The van der Waals surface area contributed by atoms with Gasteiger partial charge < -0.3 is 9.64 Å². The number of ether oxygens (including phenoxy) is 1. The number of aryl methyl sites for hydroxylation is 1. The standard InChI is InChI=1S/C15H23NO2/c1-15(2,12-16(3)14(17)18-4)11-10-13-8-6-5-7-9-13/h5-9H,10-12H2,1-4H3. The molecule has 3 nitrogen and oxygen atoms in total. The first-order valence-electron chi connectivity index (χ1n) is 6.27. The lowest BCUT2D eigenvalue weighted by Crippen LogP contribution is -2.36. The molecule has 0 fully saturated rings. The van der Waals surface area contributed by atoms with Gasteiger partial charge in [0.05, 0.1) is 7.11 Å². The van der Waals surface area contributed by atoms with E-state index < -0.39 is 0 Å². The van der Waals surface area contributed by atoms with Crippen LogP contribution in [0, 0.1) is 5.41 Å². The molecule has 0 aliphatic rings. The highest BCUT2D eigenvalue weighted by molar-refractivity contribution is 5.66. The van der Waals surface area contributed by atoms with E-state index in [4.69, 9.17) is 4.74 Å². The van der Waals surface area contributed by atoms with Crippen molar-refractivity contribution in [1.29, 1.82) is 0 Å². The van der Waals surface area contributed by atoms with Crippen LogP contribution in [0.15, 0.2) is 30.3 Å². The molecule has 0 aliphatic carbocycles. The molecule has 100 valence electrons. The van der Waals surface area contributed by atoms with Crippen LogP contribution in [0.3, 0.4) is 0 Å². The molecule has 0 heterocycles. The van der Waals surface area contributed by atoms with Crippen molar-refractivity contribution in [2.24, 2.45) is 5.41 Å². The third-order valence-electron chi connectivity index (χ3n) is 3.08. The third kappa shape index (κ3) is 4.78. The molecule has 0 aromatic heterocycles. The summed E-state index contributed by atoms with van der Waals surface area (Å²) in [6.07, 6.45) is 1.80. The number of carbonyl (C=O) groups excluding carboxylic acids is 1. The van der Waals surface area contributed by atoms with Crippen molar-refractivity contribution in [1.82, 2.24) is 4.90 Å². The fraction of sp³-hybridized carbons (Fsp3) is 0.533. The minimum absolute atomic E-state index is 0.0821. The van der Waals surface area contributed by atoms with Crippen LogP contribution in [-0.2, 0) is 11.2 Å². The van der Waals surface area contributed by atoms with Crippen molar-refractivity contribution >= 4 is 6.09 Å². The molecule has 0 saturated carbocycles. The summed E-state index contributed by atoms with van der Waals surface area (Å²) in [5, 5.41) is 0. The molecule has 1 rings (SSSR count). The minimum atomic E-state index is -0.275. The number of nitrogens with zero attached hydrogens (tertiary/aromatic N) is 1. The zero-order chi connectivity index (χ0) is 13.6. The van der Waals surface area contributed by atoms with E-state index in [2.05, 4.69) is 38.1 Å². The predicted octanol–water partition coefficient (Wildman–Crippen LogP) is 3.34. The van der Waals surface area contributed by atoms with E-state index in [0.717, 1.165) is 12.8 Å². The molecule has 0 atom stereocenters. The van der Waals surface area contributed by atoms with Crippen LogP contribution in [0.5, 0.6) is 0 Å². The highest BCUT2D eigenvalue weighted by Gasteiger charge is 2.22. The smallest absolute Gasteiger partial charge is 0.409 e. The lowest BCUT2D eigenvalue weighted by Gasteiger charge is -2.29. The number of amides is 1. The van der Waals surface area contributed by atoms with Crippen LogP contribution in [-0.4, -0.2) is 31.7 Å². The monoisotopic (exact) mass is 249 g/mol. The average molecular weight is 249 g/mol. The Bertz CT molecular complexity index is 373. The SMILES string of the molecule is COC(=O)N(C)CC(C)(C)CCc1ccccc1. The highest BCUT2D eigenvalue weighted by atomic mass is 16.5. The number of hydrogen-bond acceptors (Lipinski definition) is 2. The average Bonchev–Trinajstić information content (AvgIpc) is 2.36. The number of hydrogen-bond donors (Lipinski definition) is 0. The van der Waals surface area contributed by atoms with Crippen LogP contribution in [0.2, 0.25) is 0 Å². The molecule has 0 aliphatic heterocycles. The van der Waals surface area contributed by atoms with Crippen molar-refractivity contribution in [3.05, 3.63) is 35.9 Å². The van der Waals surface area contributed by atoms with Gasteiger partial charge in [0.1, 0.15) is 0 Å². The number of rotatable bonds is 5. The summed E-state index contributed by atoms with van der Waals surface area (Å²) in [6, 6.07) is 10.4. The van der Waals surface area contributed by atoms with Gasteiger partial charge in [0.25, 0.3) is 0 Å². The molecular weight excluding hydrogens is 226 g/mol. The van der Waals surface area contributed by atoms with Crippen molar-refractivity contribution in [2.75, 3.05) is 20.7 Å². The highest BCUT2D eigenvalue weighted by Crippen LogP contribution is 2.24. The quantitative estimate of drug-likeness (QED) is 0.801. The van der Waals surface area contributed by atoms with E-state index in [-0.39, 0.29) is 11.5 Å². The summed E-state index contributed by atoms with van der Waals surface area (Å²) in [6.45, 7) is 5.05. The predicted molar refractivity (Wildman–Crippen MR) is 73.6 cm³/mol. The summed E-state index contributed by atoms with van der Waals surface area (Å²) in [5.74, 6) is 0. The van der Waals surface area contributed by atoms with Crippen LogP contribution < -0.4 is 0 Å². The van der Waals surface area contributed by atoms with Gasteiger partial charge in [-0.25, -0.2) is 4.79 Å². The fourth-order valence-electron chi connectivity index (χ4n) is 2.07. The summed E-state index contributed by atoms with van der Waals surface area (Å²) in [4.78, 5) is 13.0. The third-order valence-corrected chi connectivity index (χ3v) is 3.08. The molecular formula is C15H23NO2. The second kappa shape index (κ2) is 6.43. The summed E-state index contributed by atoms with van der Waals surface area (Å²) in [7, 11) is 3.19. The molecule has 3 heteroatoms. The largest absolute Gasteiger partial charge is 0.453 e. The molecule has 0 spiro atoms. The van der Waals surface area contributed by atoms with E-state index in [1.165, 1.54) is 12.7 Å². The van der Waals surface area contributed by atoms with Crippen molar-refractivity contribution in [3.63, 3.8) is 0 Å². The van der Waals surface area contributed by atoms with Crippen molar-refractivity contribution in [3.8, 4) is 0 Å². The number of carbonyl (C=O) groups is 1. The maximum Gasteiger partial charge on any atom is 0.409 e. The number of benzene rings is 1. The van der Waals surface area contributed by atoms with Gasteiger partial charge in [0.2, 0.25) is 0 Å². The van der Waals surface area contributed by atoms with Gasteiger partial charge >= 0.3 is 6.09 Å². The van der Waals surface area contributed by atoms with Crippen LogP contribution >= 0.6 is 0 Å². The van der Waals surface area contributed by atoms with Crippen molar-refractivity contribution in [2.45, 2.75) is 26.7 Å². The van der Waals surface area contributed by atoms with Crippen LogP contribution in [0.25, 0.3) is 0 Å². The minimum Gasteiger partial charge on any atom is -0.453 e. The van der Waals surface area contributed by atoms with E-state index in [1.807, 2.05) is 6.07 Å². The Morgan fingerprint density at radius 1 is 1.28 bits per heavy atom.